The Balaban J connectivity index is 1.80. The molecule has 0 spiro atoms. The maximum atomic E-state index is 12.5. The molecule has 1 atom stereocenters. The summed E-state index contributed by atoms with van der Waals surface area (Å²) in [5.74, 6) is 0.547. The van der Waals surface area contributed by atoms with Crippen LogP contribution in [0.15, 0.2) is 11.7 Å². The first-order valence-corrected chi connectivity index (χ1v) is 7.37. The van der Waals surface area contributed by atoms with Gasteiger partial charge >= 0.3 is 0 Å². The highest BCUT2D eigenvalue weighted by molar-refractivity contribution is 7.13. The Bertz CT molecular complexity index is 582. The normalized spacial score (nSPS) is 19.2. The van der Waals surface area contributed by atoms with Crippen molar-refractivity contribution in [2.45, 2.75) is 19.4 Å². The molecular weight excluding hydrogens is 278 g/mol. The third-order valence-electron chi connectivity index (χ3n) is 3.30. The van der Waals surface area contributed by atoms with Crippen molar-refractivity contribution in [1.29, 1.82) is 0 Å². The van der Waals surface area contributed by atoms with Crippen LogP contribution in [0, 0.1) is 0 Å². The molecule has 1 N–H and O–H groups in total. The van der Waals surface area contributed by atoms with Gasteiger partial charge in [-0.25, -0.2) is 9.97 Å². The SMILES string of the molecule is CCC1COCCN1C(=O)c1csc(-c2ncn[nH]2)n1. The highest BCUT2D eigenvalue weighted by Crippen LogP contribution is 2.22. The maximum Gasteiger partial charge on any atom is 0.273 e. The monoisotopic (exact) mass is 293 g/mol. The van der Waals surface area contributed by atoms with E-state index < -0.39 is 0 Å². The minimum Gasteiger partial charge on any atom is -0.377 e. The molecule has 1 saturated heterocycles. The van der Waals surface area contributed by atoms with Crippen LogP contribution in [0.2, 0.25) is 0 Å². The zero-order valence-corrected chi connectivity index (χ0v) is 11.9. The summed E-state index contributed by atoms with van der Waals surface area (Å²) in [4.78, 5) is 22.8. The maximum absolute atomic E-state index is 12.5. The van der Waals surface area contributed by atoms with Gasteiger partial charge in [-0.15, -0.1) is 11.3 Å². The first-order chi connectivity index (χ1) is 9.79. The number of ether oxygens (including phenoxy) is 1. The number of morpholine rings is 1. The number of rotatable bonds is 3. The number of nitrogens with one attached hydrogen (secondary N) is 1. The second-order valence-electron chi connectivity index (χ2n) is 4.51. The fourth-order valence-electron chi connectivity index (χ4n) is 2.20. The number of hydrogen-bond donors (Lipinski definition) is 1. The molecule has 20 heavy (non-hydrogen) atoms. The summed E-state index contributed by atoms with van der Waals surface area (Å²) in [7, 11) is 0. The molecule has 0 saturated carbocycles. The van der Waals surface area contributed by atoms with E-state index >= 15 is 0 Å². The molecular formula is C12H15N5O2S. The van der Waals surface area contributed by atoms with Crippen molar-refractivity contribution in [3.63, 3.8) is 0 Å². The molecule has 2 aromatic rings. The summed E-state index contributed by atoms with van der Waals surface area (Å²) >= 11 is 1.38. The number of hydrogen-bond acceptors (Lipinski definition) is 6. The van der Waals surface area contributed by atoms with Crippen molar-refractivity contribution < 1.29 is 9.53 Å². The Morgan fingerprint density at radius 3 is 3.30 bits per heavy atom. The average Bonchev–Trinajstić information content (AvgIpc) is 3.16. The van der Waals surface area contributed by atoms with Gasteiger partial charge in [-0.2, -0.15) is 5.10 Å². The lowest BCUT2D eigenvalue weighted by Gasteiger charge is -2.34. The summed E-state index contributed by atoms with van der Waals surface area (Å²) in [5, 5.41) is 8.97. The van der Waals surface area contributed by atoms with Crippen molar-refractivity contribution >= 4 is 17.2 Å². The largest absolute Gasteiger partial charge is 0.377 e. The molecule has 1 aliphatic heterocycles. The topological polar surface area (TPSA) is 84.0 Å². The van der Waals surface area contributed by atoms with E-state index in [9.17, 15) is 4.79 Å². The summed E-state index contributed by atoms with van der Waals surface area (Å²) in [6.07, 6.45) is 2.30. The van der Waals surface area contributed by atoms with Gasteiger partial charge < -0.3 is 9.64 Å². The number of carbonyl (C=O) groups is 1. The van der Waals surface area contributed by atoms with E-state index in [1.54, 1.807) is 5.38 Å². The van der Waals surface area contributed by atoms with E-state index in [1.807, 2.05) is 4.90 Å². The Hall–Kier alpha value is -1.80. The molecule has 3 rings (SSSR count). The fraction of sp³-hybridized carbons (Fsp3) is 0.500. The second-order valence-corrected chi connectivity index (χ2v) is 5.37. The molecule has 1 aliphatic rings. The van der Waals surface area contributed by atoms with Crippen LogP contribution in [-0.2, 0) is 4.74 Å². The van der Waals surface area contributed by atoms with Gasteiger partial charge in [0, 0.05) is 11.9 Å². The van der Waals surface area contributed by atoms with Gasteiger partial charge in [-0.3, -0.25) is 9.89 Å². The van der Waals surface area contributed by atoms with Gasteiger partial charge in [0.15, 0.2) is 10.8 Å². The molecule has 106 valence electrons. The van der Waals surface area contributed by atoms with Gasteiger partial charge in [-0.05, 0) is 6.42 Å². The second kappa shape index (κ2) is 5.68. The van der Waals surface area contributed by atoms with Crippen LogP contribution in [0.3, 0.4) is 0 Å². The van der Waals surface area contributed by atoms with Crippen LogP contribution >= 0.6 is 11.3 Å². The summed E-state index contributed by atoms with van der Waals surface area (Å²) in [6.45, 7) is 3.86. The Labute approximate surface area is 120 Å². The average molecular weight is 293 g/mol. The molecule has 1 unspecified atom stereocenters. The first kappa shape index (κ1) is 13.2. The number of thiazole rings is 1. The molecule has 1 fully saturated rings. The van der Waals surface area contributed by atoms with E-state index in [0.29, 0.717) is 36.3 Å². The van der Waals surface area contributed by atoms with Crippen LogP contribution in [0.1, 0.15) is 23.8 Å². The van der Waals surface area contributed by atoms with E-state index in [4.69, 9.17) is 4.74 Å². The smallest absolute Gasteiger partial charge is 0.273 e. The molecule has 8 heteroatoms. The van der Waals surface area contributed by atoms with Crippen molar-refractivity contribution in [3.05, 3.63) is 17.4 Å². The lowest BCUT2D eigenvalue weighted by Crippen LogP contribution is -2.48. The van der Waals surface area contributed by atoms with Gasteiger partial charge in [0.25, 0.3) is 5.91 Å². The van der Waals surface area contributed by atoms with Gasteiger partial charge in [-0.1, -0.05) is 6.92 Å². The zero-order chi connectivity index (χ0) is 13.9. The van der Waals surface area contributed by atoms with Gasteiger partial charge in [0.05, 0.1) is 19.3 Å². The summed E-state index contributed by atoms with van der Waals surface area (Å²) in [5.41, 5.74) is 0.460. The van der Waals surface area contributed by atoms with Gasteiger partial charge in [0.1, 0.15) is 12.0 Å². The molecule has 0 radical (unpaired) electrons. The number of aromatic amines is 1. The minimum absolute atomic E-state index is 0.0397. The highest BCUT2D eigenvalue weighted by Gasteiger charge is 2.28. The molecule has 3 heterocycles. The van der Waals surface area contributed by atoms with Crippen LogP contribution in [0.25, 0.3) is 10.8 Å². The molecule has 7 nitrogen and oxygen atoms in total. The Morgan fingerprint density at radius 2 is 2.55 bits per heavy atom. The number of H-pyrrole nitrogens is 1. The quantitative estimate of drug-likeness (QED) is 0.918. The highest BCUT2D eigenvalue weighted by atomic mass is 32.1. The standard InChI is InChI=1S/C12H15N5O2S/c1-2-8-5-19-4-3-17(8)12(18)9-6-20-11(15-9)10-13-7-14-16-10/h6-8H,2-5H2,1H3,(H,13,14,16). The predicted molar refractivity (Wildman–Crippen MR) is 73.4 cm³/mol. The minimum atomic E-state index is -0.0397. The Morgan fingerprint density at radius 1 is 1.65 bits per heavy atom. The molecule has 1 amide bonds. The summed E-state index contributed by atoms with van der Waals surface area (Å²) in [6, 6.07) is 0.131. The van der Waals surface area contributed by atoms with Crippen LogP contribution in [0.4, 0.5) is 0 Å². The Kier molecular flexibility index (Phi) is 3.75. The van der Waals surface area contributed by atoms with Crippen molar-refractivity contribution in [1.82, 2.24) is 25.1 Å². The lowest BCUT2D eigenvalue weighted by atomic mass is 10.1. The molecule has 0 aliphatic carbocycles. The number of aromatic nitrogens is 4. The van der Waals surface area contributed by atoms with Gasteiger partial charge in [0.2, 0.25) is 0 Å². The van der Waals surface area contributed by atoms with Crippen molar-refractivity contribution in [3.8, 4) is 10.8 Å². The summed E-state index contributed by atoms with van der Waals surface area (Å²) < 4.78 is 5.42. The van der Waals surface area contributed by atoms with Crippen LogP contribution in [0.5, 0.6) is 0 Å². The third kappa shape index (κ3) is 2.44. The van der Waals surface area contributed by atoms with Crippen molar-refractivity contribution in [2.75, 3.05) is 19.8 Å². The first-order valence-electron chi connectivity index (χ1n) is 6.49. The van der Waals surface area contributed by atoms with E-state index in [-0.39, 0.29) is 11.9 Å². The van der Waals surface area contributed by atoms with Crippen molar-refractivity contribution in [2.24, 2.45) is 0 Å². The number of nitrogens with zero attached hydrogens (tertiary/aromatic N) is 4. The van der Waals surface area contributed by atoms with Crippen LogP contribution < -0.4 is 0 Å². The fourth-order valence-corrected chi connectivity index (χ4v) is 2.93. The van der Waals surface area contributed by atoms with E-state index in [0.717, 1.165) is 6.42 Å². The lowest BCUT2D eigenvalue weighted by molar-refractivity contribution is -0.00305. The zero-order valence-electron chi connectivity index (χ0n) is 11.1. The number of amides is 1. The molecule has 0 aromatic carbocycles. The number of carbonyl (C=O) groups excluding carboxylic acids is 1. The third-order valence-corrected chi connectivity index (χ3v) is 4.15. The van der Waals surface area contributed by atoms with E-state index in [1.165, 1.54) is 17.7 Å². The van der Waals surface area contributed by atoms with Crippen LogP contribution in [-0.4, -0.2) is 56.8 Å². The van der Waals surface area contributed by atoms with E-state index in [2.05, 4.69) is 27.1 Å². The molecule has 2 aromatic heterocycles. The predicted octanol–water partition coefficient (Wildman–Crippen LogP) is 1.18. The molecule has 0 bridgehead atoms.